The Bertz CT molecular complexity index is 489. The molecule has 2 amide bonds. The summed E-state index contributed by atoms with van der Waals surface area (Å²) in [5.74, 6) is 0.554. The quantitative estimate of drug-likeness (QED) is 0.889. The minimum Gasteiger partial charge on any atom is -0.478 e. The zero-order valence-corrected chi connectivity index (χ0v) is 10.9. The largest absolute Gasteiger partial charge is 0.478 e. The van der Waals surface area contributed by atoms with Crippen molar-refractivity contribution >= 4 is 17.7 Å². The minimum absolute atomic E-state index is 0.120. The average molecular weight is 264 g/mol. The van der Waals surface area contributed by atoms with Gasteiger partial charge in [0.25, 0.3) is 5.91 Å². The number of hydrogen-bond acceptors (Lipinski definition) is 4. The number of nitrogens with zero attached hydrogens (tertiary/aromatic N) is 1. The second kappa shape index (κ2) is 5.60. The third-order valence-corrected chi connectivity index (χ3v) is 2.96. The normalized spacial score (nSPS) is 17.5. The van der Waals surface area contributed by atoms with Crippen LogP contribution < -0.4 is 15.0 Å². The van der Waals surface area contributed by atoms with Gasteiger partial charge < -0.3 is 19.7 Å². The Labute approximate surface area is 111 Å². The van der Waals surface area contributed by atoms with E-state index < -0.39 is 12.2 Å². The van der Waals surface area contributed by atoms with Crippen molar-refractivity contribution in [3.63, 3.8) is 0 Å². The van der Waals surface area contributed by atoms with Gasteiger partial charge in [-0.05, 0) is 12.1 Å². The van der Waals surface area contributed by atoms with Crippen LogP contribution in [0.25, 0.3) is 0 Å². The van der Waals surface area contributed by atoms with Gasteiger partial charge in [-0.3, -0.25) is 4.79 Å². The molecule has 1 N–H and O–H groups in total. The van der Waals surface area contributed by atoms with E-state index in [2.05, 4.69) is 10.1 Å². The molecule has 1 aliphatic heterocycles. The number of fused-ring (bicyclic) bond motifs is 1. The van der Waals surface area contributed by atoms with Gasteiger partial charge in [0, 0.05) is 20.0 Å². The highest BCUT2D eigenvalue weighted by atomic mass is 16.5. The lowest BCUT2D eigenvalue weighted by atomic mass is 10.1. The number of amides is 2. The lowest BCUT2D eigenvalue weighted by molar-refractivity contribution is -0.126. The summed E-state index contributed by atoms with van der Waals surface area (Å²) in [6.45, 7) is 0.319. The van der Waals surface area contributed by atoms with Crippen LogP contribution in [-0.4, -0.2) is 38.8 Å². The summed E-state index contributed by atoms with van der Waals surface area (Å²) in [6.07, 6.45) is -0.707. The van der Waals surface area contributed by atoms with Crippen molar-refractivity contribution < 1.29 is 19.1 Å². The molecule has 102 valence electrons. The van der Waals surface area contributed by atoms with Gasteiger partial charge in [-0.2, -0.15) is 0 Å². The first-order chi connectivity index (χ1) is 9.13. The van der Waals surface area contributed by atoms with Gasteiger partial charge in [0.15, 0.2) is 6.10 Å². The first kappa shape index (κ1) is 13.2. The van der Waals surface area contributed by atoms with Crippen LogP contribution in [0.15, 0.2) is 24.3 Å². The molecule has 1 unspecified atom stereocenters. The summed E-state index contributed by atoms with van der Waals surface area (Å²) in [6, 6.07) is 7.35. The van der Waals surface area contributed by atoms with Crippen molar-refractivity contribution in [3.8, 4) is 5.75 Å². The molecule has 19 heavy (non-hydrogen) atoms. The van der Waals surface area contributed by atoms with Crippen LogP contribution >= 0.6 is 0 Å². The summed E-state index contributed by atoms with van der Waals surface area (Å²) in [5, 5.41) is 2.53. The Balaban J connectivity index is 2.01. The van der Waals surface area contributed by atoms with E-state index in [1.54, 1.807) is 11.9 Å². The number of likely N-dealkylation sites (N-methyl/N-ethyl adjacent to an activating group) is 1. The van der Waals surface area contributed by atoms with E-state index in [4.69, 9.17) is 4.74 Å². The molecule has 0 aliphatic carbocycles. The lowest BCUT2D eigenvalue weighted by Crippen LogP contribution is -2.45. The highest BCUT2D eigenvalue weighted by Gasteiger charge is 2.31. The molecule has 0 fully saturated rings. The molecular weight excluding hydrogens is 248 g/mol. The van der Waals surface area contributed by atoms with Crippen molar-refractivity contribution in [1.29, 1.82) is 0 Å². The second-order valence-electron chi connectivity index (χ2n) is 4.18. The fourth-order valence-corrected chi connectivity index (χ4v) is 1.93. The number of para-hydroxylation sites is 2. The predicted molar refractivity (Wildman–Crippen MR) is 69.3 cm³/mol. The Morgan fingerprint density at radius 2 is 2.21 bits per heavy atom. The number of carbonyl (C=O) groups excluding carboxylic acids is 2. The van der Waals surface area contributed by atoms with E-state index in [1.807, 2.05) is 24.3 Å². The number of hydrogen-bond donors (Lipinski definition) is 1. The number of alkyl carbamates (subject to hydrolysis) is 1. The summed E-state index contributed by atoms with van der Waals surface area (Å²) in [7, 11) is 3.01. The van der Waals surface area contributed by atoms with E-state index in [-0.39, 0.29) is 5.91 Å². The van der Waals surface area contributed by atoms with E-state index >= 15 is 0 Å². The predicted octanol–water partition coefficient (Wildman–Crippen LogP) is 1.16. The van der Waals surface area contributed by atoms with E-state index in [1.165, 1.54) is 7.11 Å². The van der Waals surface area contributed by atoms with E-state index in [0.29, 0.717) is 18.7 Å². The van der Waals surface area contributed by atoms with Crippen LogP contribution in [0.2, 0.25) is 0 Å². The maximum atomic E-state index is 12.1. The maximum absolute atomic E-state index is 12.1. The van der Waals surface area contributed by atoms with Gasteiger partial charge in [0.2, 0.25) is 0 Å². The molecule has 0 radical (unpaired) electrons. The smallest absolute Gasteiger partial charge is 0.406 e. The number of ether oxygens (including phenoxy) is 2. The first-order valence-corrected chi connectivity index (χ1v) is 5.98. The Hall–Kier alpha value is -2.24. The molecule has 1 atom stereocenters. The molecule has 1 heterocycles. The number of anilines is 1. The fourth-order valence-electron chi connectivity index (χ4n) is 1.93. The topological polar surface area (TPSA) is 67.9 Å². The van der Waals surface area contributed by atoms with Crippen LogP contribution in [0.3, 0.4) is 0 Å². The highest BCUT2D eigenvalue weighted by molar-refractivity contribution is 5.99. The SMILES string of the molecule is COC(=O)NCCC1Oc2ccccc2N(C)C1=O. The Morgan fingerprint density at radius 3 is 2.95 bits per heavy atom. The molecule has 1 aromatic rings. The molecule has 2 rings (SSSR count). The summed E-state index contributed by atoms with van der Waals surface area (Å²) < 4.78 is 10.1. The fraction of sp³-hybridized carbons (Fsp3) is 0.385. The van der Waals surface area contributed by atoms with Crippen molar-refractivity contribution in [2.24, 2.45) is 0 Å². The van der Waals surface area contributed by atoms with Gasteiger partial charge in [0.1, 0.15) is 5.75 Å². The van der Waals surface area contributed by atoms with Crippen LogP contribution in [0.1, 0.15) is 6.42 Å². The third kappa shape index (κ3) is 2.78. The third-order valence-electron chi connectivity index (χ3n) is 2.96. The van der Waals surface area contributed by atoms with Crippen LogP contribution in [0.4, 0.5) is 10.5 Å². The number of nitrogens with one attached hydrogen (secondary N) is 1. The minimum atomic E-state index is -0.586. The van der Waals surface area contributed by atoms with Gasteiger partial charge in [0.05, 0.1) is 12.8 Å². The van der Waals surface area contributed by atoms with E-state index in [9.17, 15) is 9.59 Å². The van der Waals surface area contributed by atoms with Crippen LogP contribution in [0.5, 0.6) is 5.75 Å². The molecule has 0 saturated carbocycles. The van der Waals surface area contributed by atoms with Crippen LogP contribution in [-0.2, 0) is 9.53 Å². The molecule has 6 heteroatoms. The van der Waals surface area contributed by atoms with Crippen molar-refractivity contribution in [2.45, 2.75) is 12.5 Å². The molecular formula is C13H16N2O4. The van der Waals surface area contributed by atoms with Gasteiger partial charge in [-0.15, -0.1) is 0 Å². The van der Waals surface area contributed by atoms with Gasteiger partial charge in [-0.1, -0.05) is 12.1 Å². The molecule has 0 bridgehead atoms. The number of rotatable bonds is 3. The Kier molecular flexibility index (Phi) is 3.89. The number of benzene rings is 1. The molecule has 1 aliphatic rings. The van der Waals surface area contributed by atoms with Crippen molar-refractivity contribution in [1.82, 2.24) is 5.32 Å². The summed E-state index contributed by atoms with van der Waals surface area (Å²) in [5.41, 5.74) is 0.754. The highest BCUT2D eigenvalue weighted by Crippen LogP contribution is 2.33. The molecule has 1 aromatic carbocycles. The maximum Gasteiger partial charge on any atom is 0.406 e. The monoisotopic (exact) mass is 264 g/mol. The number of carbonyl (C=O) groups is 2. The molecule has 0 saturated heterocycles. The van der Waals surface area contributed by atoms with Gasteiger partial charge >= 0.3 is 6.09 Å². The van der Waals surface area contributed by atoms with Gasteiger partial charge in [-0.25, -0.2) is 4.79 Å². The number of methoxy groups -OCH3 is 1. The Morgan fingerprint density at radius 1 is 1.47 bits per heavy atom. The molecule has 0 aromatic heterocycles. The zero-order valence-electron chi connectivity index (χ0n) is 10.9. The zero-order chi connectivity index (χ0) is 13.8. The van der Waals surface area contributed by atoms with Crippen molar-refractivity contribution in [2.75, 3.05) is 25.6 Å². The van der Waals surface area contributed by atoms with Crippen molar-refractivity contribution in [3.05, 3.63) is 24.3 Å². The average Bonchev–Trinajstić information content (AvgIpc) is 2.44. The summed E-state index contributed by atoms with van der Waals surface area (Å²) in [4.78, 5) is 24.6. The lowest BCUT2D eigenvalue weighted by Gasteiger charge is -2.31. The second-order valence-corrected chi connectivity index (χ2v) is 4.18. The van der Waals surface area contributed by atoms with Crippen LogP contribution in [0, 0.1) is 0 Å². The standard InChI is InChI=1S/C13H16N2O4/c1-15-9-5-3-4-6-10(9)19-11(12(15)16)7-8-14-13(17)18-2/h3-6,11H,7-8H2,1-2H3,(H,14,17). The van der Waals surface area contributed by atoms with E-state index in [0.717, 1.165) is 5.69 Å². The summed E-state index contributed by atoms with van der Waals surface area (Å²) >= 11 is 0. The first-order valence-electron chi connectivity index (χ1n) is 5.98. The molecule has 6 nitrogen and oxygen atoms in total. The molecule has 0 spiro atoms.